The van der Waals surface area contributed by atoms with Gasteiger partial charge >= 0.3 is 5.97 Å². The van der Waals surface area contributed by atoms with Crippen molar-refractivity contribution in [3.05, 3.63) is 70.7 Å². The summed E-state index contributed by atoms with van der Waals surface area (Å²) in [7, 11) is 0. The molecule has 2 aromatic rings. The lowest BCUT2D eigenvalue weighted by atomic mass is 9.96. The SMILES string of the molecule is O=C(COCCN1CCN([C@H](c2ccccc2)c2ccc(Cl)cc2)CC1)OCCO. The van der Waals surface area contributed by atoms with Crippen molar-refractivity contribution >= 4 is 17.6 Å². The molecule has 2 aromatic carbocycles. The Hall–Kier alpha value is -1.96. The molecule has 0 bridgehead atoms. The molecule has 0 unspecified atom stereocenters. The number of rotatable bonds is 10. The Kier molecular flexibility index (Phi) is 9.11. The number of hydrogen-bond donors (Lipinski definition) is 1. The predicted molar refractivity (Wildman–Crippen MR) is 117 cm³/mol. The maximum absolute atomic E-state index is 11.4. The Morgan fingerprint density at radius 1 is 0.967 bits per heavy atom. The van der Waals surface area contributed by atoms with E-state index >= 15 is 0 Å². The van der Waals surface area contributed by atoms with Crippen LogP contribution >= 0.6 is 11.6 Å². The lowest BCUT2D eigenvalue weighted by Gasteiger charge is -2.39. The smallest absolute Gasteiger partial charge is 0.332 e. The van der Waals surface area contributed by atoms with Crippen molar-refractivity contribution in [2.45, 2.75) is 6.04 Å². The van der Waals surface area contributed by atoms with Crippen molar-refractivity contribution in [2.75, 3.05) is 59.2 Å². The number of aliphatic hydroxyl groups is 1. The van der Waals surface area contributed by atoms with Gasteiger partial charge in [-0.25, -0.2) is 4.79 Å². The molecule has 162 valence electrons. The zero-order valence-electron chi connectivity index (χ0n) is 17.1. The first-order chi connectivity index (χ1) is 14.7. The maximum Gasteiger partial charge on any atom is 0.332 e. The summed E-state index contributed by atoms with van der Waals surface area (Å²) in [4.78, 5) is 16.2. The van der Waals surface area contributed by atoms with Crippen LogP contribution in [0.5, 0.6) is 0 Å². The summed E-state index contributed by atoms with van der Waals surface area (Å²) in [6.07, 6.45) is 0. The maximum atomic E-state index is 11.4. The number of nitrogens with zero attached hydrogens (tertiary/aromatic N) is 2. The second-order valence-corrected chi connectivity index (χ2v) is 7.68. The van der Waals surface area contributed by atoms with Gasteiger partial charge in [-0.1, -0.05) is 54.1 Å². The molecule has 6 nitrogen and oxygen atoms in total. The Bertz CT molecular complexity index is 765. The van der Waals surface area contributed by atoms with Crippen molar-refractivity contribution < 1.29 is 19.4 Å². The number of carbonyl (C=O) groups is 1. The molecule has 0 spiro atoms. The molecule has 0 aliphatic carbocycles. The Morgan fingerprint density at radius 3 is 2.30 bits per heavy atom. The molecule has 1 aliphatic heterocycles. The molecule has 1 atom stereocenters. The highest BCUT2D eigenvalue weighted by molar-refractivity contribution is 6.30. The van der Waals surface area contributed by atoms with Crippen LogP contribution in [-0.2, 0) is 14.3 Å². The van der Waals surface area contributed by atoms with Crippen LogP contribution in [0.2, 0.25) is 5.02 Å². The standard InChI is InChI=1S/C23H29ClN2O4/c24-21-8-6-20(7-9-21)23(19-4-2-1-3-5-19)26-12-10-25(11-13-26)14-16-29-18-22(28)30-17-15-27/h1-9,23,27H,10-18H2/t23-/m1/s1. The number of hydrogen-bond acceptors (Lipinski definition) is 6. The lowest BCUT2D eigenvalue weighted by Crippen LogP contribution is -2.48. The van der Waals surface area contributed by atoms with Crippen LogP contribution < -0.4 is 0 Å². The highest BCUT2D eigenvalue weighted by Crippen LogP contribution is 2.30. The van der Waals surface area contributed by atoms with E-state index in [0.29, 0.717) is 6.61 Å². The molecule has 3 rings (SSSR count). The van der Waals surface area contributed by atoms with Gasteiger partial charge in [0.05, 0.1) is 19.3 Å². The Morgan fingerprint density at radius 2 is 1.63 bits per heavy atom. The van der Waals surface area contributed by atoms with Crippen LogP contribution in [0.15, 0.2) is 54.6 Å². The number of halogens is 1. The summed E-state index contributed by atoms with van der Waals surface area (Å²) < 4.78 is 10.2. The summed E-state index contributed by atoms with van der Waals surface area (Å²) in [6, 6.07) is 18.9. The molecule has 1 N–H and O–H groups in total. The van der Waals surface area contributed by atoms with Crippen LogP contribution in [0.1, 0.15) is 17.2 Å². The molecular formula is C23H29ClN2O4. The van der Waals surface area contributed by atoms with E-state index in [4.69, 9.17) is 26.2 Å². The molecule has 1 aliphatic rings. The molecule has 0 saturated carbocycles. The normalized spacial score (nSPS) is 16.3. The average Bonchev–Trinajstić information content (AvgIpc) is 2.78. The second kappa shape index (κ2) is 12.0. The Balaban J connectivity index is 1.51. The summed E-state index contributed by atoms with van der Waals surface area (Å²) in [5, 5.41) is 9.39. The van der Waals surface area contributed by atoms with E-state index in [9.17, 15) is 4.79 Å². The fourth-order valence-corrected chi connectivity index (χ4v) is 3.82. The largest absolute Gasteiger partial charge is 0.462 e. The van der Waals surface area contributed by atoms with Gasteiger partial charge in [-0.15, -0.1) is 0 Å². The minimum Gasteiger partial charge on any atom is -0.462 e. The van der Waals surface area contributed by atoms with Crippen molar-refractivity contribution in [2.24, 2.45) is 0 Å². The quantitative estimate of drug-likeness (QED) is 0.460. The van der Waals surface area contributed by atoms with Gasteiger partial charge in [0, 0.05) is 37.7 Å². The number of benzene rings is 2. The van der Waals surface area contributed by atoms with Crippen molar-refractivity contribution in [1.29, 1.82) is 0 Å². The number of ether oxygens (including phenoxy) is 2. The molecular weight excluding hydrogens is 404 g/mol. The van der Waals surface area contributed by atoms with Crippen molar-refractivity contribution in [3.63, 3.8) is 0 Å². The summed E-state index contributed by atoms with van der Waals surface area (Å²) in [5.74, 6) is -0.442. The van der Waals surface area contributed by atoms with E-state index in [1.165, 1.54) is 11.1 Å². The number of esters is 1. The van der Waals surface area contributed by atoms with E-state index in [1.54, 1.807) is 0 Å². The third-order valence-corrected chi connectivity index (χ3v) is 5.45. The van der Waals surface area contributed by atoms with Crippen LogP contribution in [-0.4, -0.2) is 80.0 Å². The van der Waals surface area contributed by atoms with Crippen molar-refractivity contribution in [3.8, 4) is 0 Å². The van der Waals surface area contributed by atoms with E-state index in [-0.39, 0.29) is 25.9 Å². The summed E-state index contributed by atoms with van der Waals surface area (Å²) >= 11 is 6.10. The number of aliphatic hydroxyl groups excluding tert-OH is 1. The zero-order valence-corrected chi connectivity index (χ0v) is 17.8. The minimum absolute atomic E-state index is 0.0142. The Labute approximate surface area is 183 Å². The third kappa shape index (κ3) is 6.79. The van der Waals surface area contributed by atoms with Crippen molar-refractivity contribution in [1.82, 2.24) is 9.80 Å². The molecule has 1 fully saturated rings. The van der Waals surface area contributed by atoms with E-state index in [0.717, 1.165) is 37.7 Å². The number of piperazine rings is 1. The van der Waals surface area contributed by atoms with Gasteiger partial charge in [0.1, 0.15) is 13.2 Å². The van der Waals surface area contributed by atoms with Crippen LogP contribution in [0.4, 0.5) is 0 Å². The molecule has 1 heterocycles. The molecule has 0 radical (unpaired) electrons. The van der Waals surface area contributed by atoms with Gasteiger partial charge in [-0.05, 0) is 23.3 Å². The first kappa shape index (κ1) is 22.7. The van der Waals surface area contributed by atoms with Crippen LogP contribution in [0.25, 0.3) is 0 Å². The summed E-state index contributed by atoms with van der Waals surface area (Å²) in [6.45, 7) is 4.79. The third-order valence-electron chi connectivity index (χ3n) is 5.20. The van der Waals surface area contributed by atoms with E-state index < -0.39 is 5.97 Å². The van der Waals surface area contributed by atoms with E-state index in [1.807, 2.05) is 18.2 Å². The van der Waals surface area contributed by atoms with Gasteiger partial charge in [-0.2, -0.15) is 0 Å². The first-order valence-electron chi connectivity index (χ1n) is 10.3. The fraction of sp³-hybridized carbons (Fsp3) is 0.435. The van der Waals surface area contributed by atoms with Gasteiger partial charge < -0.3 is 14.6 Å². The molecule has 30 heavy (non-hydrogen) atoms. The van der Waals surface area contributed by atoms with Gasteiger partial charge in [0.2, 0.25) is 0 Å². The second-order valence-electron chi connectivity index (χ2n) is 7.24. The highest BCUT2D eigenvalue weighted by Gasteiger charge is 2.26. The molecule has 1 saturated heterocycles. The predicted octanol–water partition coefficient (Wildman–Crippen LogP) is 2.60. The monoisotopic (exact) mass is 432 g/mol. The van der Waals surface area contributed by atoms with Gasteiger partial charge in [0.25, 0.3) is 0 Å². The van der Waals surface area contributed by atoms with Crippen LogP contribution in [0, 0.1) is 0 Å². The van der Waals surface area contributed by atoms with Gasteiger partial charge in [0.15, 0.2) is 0 Å². The van der Waals surface area contributed by atoms with Crippen LogP contribution in [0.3, 0.4) is 0 Å². The topological polar surface area (TPSA) is 62.2 Å². The highest BCUT2D eigenvalue weighted by atomic mass is 35.5. The number of carbonyl (C=O) groups excluding carboxylic acids is 1. The molecule has 7 heteroatoms. The minimum atomic E-state index is -0.442. The van der Waals surface area contributed by atoms with E-state index in [2.05, 4.69) is 46.2 Å². The molecule has 0 aromatic heterocycles. The van der Waals surface area contributed by atoms with Gasteiger partial charge in [-0.3, -0.25) is 9.80 Å². The average molecular weight is 433 g/mol. The summed E-state index contributed by atoms with van der Waals surface area (Å²) in [5.41, 5.74) is 2.52. The lowest BCUT2D eigenvalue weighted by molar-refractivity contribution is -0.150. The zero-order chi connectivity index (χ0) is 21.2. The first-order valence-corrected chi connectivity index (χ1v) is 10.7. The molecule has 0 amide bonds. The fourth-order valence-electron chi connectivity index (χ4n) is 3.69.